The van der Waals surface area contributed by atoms with Crippen molar-refractivity contribution in [3.05, 3.63) is 41.1 Å². The number of nitrogens with zero attached hydrogens (tertiary/aromatic N) is 2. The Kier molecular flexibility index (Phi) is 4.82. The summed E-state index contributed by atoms with van der Waals surface area (Å²) in [5.74, 6) is 1.57. The third-order valence-electron chi connectivity index (χ3n) is 3.69. The van der Waals surface area contributed by atoms with Crippen molar-refractivity contribution in [2.45, 2.75) is 19.4 Å². The van der Waals surface area contributed by atoms with Crippen LogP contribution in [0, 0.1) is 0 Å². The Hall–Kier alpha value is -1.99. The minimum absolute atomic E-state index is 0.00615. The fraction of sp³-hybridized carbons (Fsp3) is 0.294. The molecule has 0 amide bonds. The highest BCUT2D eigenvalue weighted by Gasteiger charge is 2.13. The lowest BCUT2D eigenvalue weighted by atomic mass is 10.2. The highest BCUT2D eigenvalue weighted by Crippen LogP contribution is 2.26. The predicted octanol–water partition coefficient (Wildman–Crippen LogP) is 3.59. The number of hydrogen-bond donors (Lipinski definition) is 1. The molecule has 2 aromatic heterocycles. The molecule has 5 nitrogen and oxygen atoms in total. The van der Waals surface area contributed by atoms with Crippen LogP contribution < -0.4 is 5.32 Å². The van der Waals surface area contributed by atoms with Gasteiger partial charge in [0.25, 0.3) is 0 Å². The van der Waals surface area contributed by atoms with E-state index in [1.807, 2.05) is 48.0 Å². The van der Waals surface area contributed by atoms with Gasteiger partial charge < -0.3 is 5.32 Å². The minimum atomic E-state index is -2.97. The van der Waals surface area contributed by atoms with Gasteiger partial charge in [0, 0.05) is 28.6 Å². The lowest BCUT2D eigenvalue weighted by Gasteiger charge is -2.16. The van der Waals surface area contributed by atoms with Crippen LogP contribution >= 0.6 is 11.3 Å². The van der Waals surface area contributed by atoms with Crippen molar-refractivity contribution in [3.63, 3.8) is 0 Å². The van der Waals surface area contributed by atoms with Gasteiger partial charge in [-0.15, -0.1) is 0 Å². The molecule has 0 bridgehead atoms. The number of nitrogens with one attached hydrogen (secondary N) is 1. The normalized spacial score (nSPS) is 13.1. The SMILES string of the molecule is CC(CCS(C)(=O)=O)Nc1nc(-c2ccsc2)nc2ccccc12. The van der Waals surface area contributed by atoms with Crippen molar-refractivity contribution < 1.29 is 8.42 Å². The van der Waals surface area contributed by atoms with Crippen LogP contribution in [0.1, 0.15) is 13.3 Å². The number of anilines is 1. The Morgan fingerprint density at radius 1 is 1.21 bits per heavy atom. The average molecular weight is 361 g/mol. The van der Waals surface area contributed by atoms with Crippen molar-refractivity contribution in [1.29, 1.82) is 0 Å². The van der Waals surface area contributed by atoms with Gasteiger partial charge in [-0.2, -0.15) is 11.3 Å². The number of aromatic nitrogens is 2. The molecule has 1 aromatic carbocycles. The van der Waals surface area contributed by atoms with Gasteiger partial charge in [-0.3, -0.25) is 0 Å². The molecular weight excluding hydrogens is 342 g/mol. The summed E-state index contributed by atoms with van der Waals surface area (Å²) in [7, 11) is -2.97. The molecule has 0 spiro atoms. The zero-order chi connectivity index (χ0) is 17.2. The van der Waals surface area contributed by atoms with Gasteiger partial charge in [0.1, 0.15) is 15.7 Å². The van der Waals surface area contributed by atoms with Crippen LogP contribution in [0.5, 0.6) is 0 Å². The number of rotatable bonds is 6. The molecule has 126 valence electrons. The average Bonchev–Trinajstić information content (AvgIpc) is 3.07. The Bertz CT molecular complexity index is 938. The molecule has 0 aliphatic rings. The van der Waals surface area contributed by atoms with Crippen molar-refractivity contribution in [3.8, 4) is 11.4 Å². The maximum absolute atomic E-state index is 11.4. The topological polar surface area (TPSA) is 72.0 Å². The smallest absolute Gasteiger partial charge is 0.162 e. The fourth-order valence-electron chi connectivity index (χ4n) is 2.40. The first kappa shape index (κ1) is 16.9. The highest BCUT2D eigenvalue weighted by molar-refractivity contribution is 7.90. The summed E-state index contributed by atoms with van der Waals surface area (Å²) in [5.41, 5.74) is 1.85. The van der Waals surface area contributed by atoms with E-state index in [0.717, 1.165) is 22.3 Å². The summed E-state index contributed by atoms with van der Waals surface area (Å²) in [4.78, 5) is 9.29. The van der Waals surface area contributed by atoms with E-state index >= 15 is 0 Å². The van der Waals surface area contributed by atoms with E-state index in [-0.39, 0.29) is 11.8 Å². The first-order valence-electron chi connectivity index (χ1n) is 7.66. The summed E-state index contributed by atoms with van der Waals surface area (Å²) in [6.45, 7) is 1.96. The van der Waals surface area contributed by atoms with Crippen LogP contribution in [0.2, 0.25) is 0 Å². The van der Waals surface area contributed by atoms with Gasteiger partial charge in [0.05, 0.1) is 11.3 Å². The fourth-order valence-corrected chi connectivity index (χ4v) is 3.82. The van der Waals surface area contributed by atoms with Crippen LogP contribution in [-0.4, -0.2) is 36.4 Å². The summed E-state index contributed by atoms with van der Waals surface area (Å²) in [6.07, 6.45) is 1.79. The Labute approximate surface area is 145 Å². The summed E-state index contributed by atoms with van der Waals surface area (Å²) in [5, 5.41) is 8.29. The van der Waals surface area contributed by atoms with Crippen LogP contribution in [0.25, 0.3) is 22.3 Å². The molecule has 0 radical (unpaired) electrons. The van der Waals surface area contributed by atoms with Gasteiger partial charge in [0.15, 0.2) is 5.82 Å². The van der Waals surface area contributed by atoms with E-state index in [4.69, 9.17) is 0 Å². The van der Waals surface area contributed by atoms with Gasteiger partial charge in [0.2, 0.25) is 0 Å². The van der Waals surface area contributed by atoms with E-state index in [9.17, 15) is 8.42 Å². The molecule has 1 N–H and O–H groups in total. The van der Waals surface area contributed by atoms with Gasteiger partial charge >= 0.3 is 0 Å². The quantitative estimate of drug-likeness (QED) is 0.726. The maximum Gasteiger partial charge on any atom is 0.162 e. The molecule has 3 rings (SSSR count). The number of hydrogen-bond acceptors (Lipinski definition) is 6. The second-order valence-electron chi connectivity index (χ2n) is 5.89. The summed E-state index contributed by atoms with van der Waals surface area (Å²) in [6, 6.07) is 9.81. The molecule has 7 heteroatoms. The Morgan fingerprint density at radius 3 is 2.71 bits per heavy atom. The van der Waals surface area contributed by atoms with Crippen molar-refractivity contribution in [2.24, 2.45) is 0 Å². The van der Waals surface area contributed by atoms with Crippen LogP contribution in [-0.2, 0) is 9.84 Å². The zero-order valence-electron chi connectivity index (χ0n) is 13.6. The molecule has 0 aliphatic heterocycles. The van der Waals surface area contributed by atoms with Crippen LogP contribution in [0.3, 0.4) is 0 Å². The number of sulfone groups is 1. The lowest BCUT2D eigenvalue weighted by molar-refractivity contribution is 0.595. The number of para-hydroxylation sites is 1. The molecule has 3 aromatic rings. The van der Waals surface area contributed by atoms with E-state index < -0.39 is 9.84 Å². The van der Waals surface area contributed by atoms with E-state index in [1.165, 1.54) is 6.26 Å². The number of thiophene rings is 1. The van der Waals surface area contributed by atoms with Crippen molar-refractivity contribution in [2.75, 3.05) is 17.3 Å². The van der Waals surface area contributed by atoms with Gasteiger partial charge in [-0.1, -0.05) is 12.1 Å². The molecule has 0 fully saturated rings. The molecular formula is C17H19N3O2S2. The first-order chi connectivity index (χ1) is 11.4. The first-order valence-corrected chi connectivity index (χ1v) is 10.7. The third-order valence-corrected chi connectivity index (χ3v) is 5.35. The van der Waals surface area contributed by atoms with Crippen LogP contribution in [0.15, 0.2) is 41.1 Å². The van der Waals surface area contributed by atoms with Crippen LogP contribution in [0.4, 0.5) is 5.82 Å². The zero-order valence-corrected chi connectivity index (χ0v) is 15.2. The van der Waals surface area contributed by atoms with E-state index in [0.29, 0.717) is 12.2 Å². The summed E-state index contributed by atoms with van der Waals surface area (Å²) < 4.78 is 22.7. The molecule has 0 saturated heterocycles. The van der Waals surface area contributed by atoms with Gasteiger partial charge in [-0.05, 0) is 36.9 Å². The third kappa shape index (κ3) is 4.10. The molecule has 0 aliphatic carbocycles. The molecule has 1 unspecified atom stereocenters. The standard InChI is InChI=1S/C17H19N3O2S2/c1-12(8-10-24(2,21)22)18-17-14-5-3-4-6-15(14)19-16(20-17)13-7-9-23-11-13/h3-7,9,11-12H,8,10H2,1-2H3,(H,18,19,20). The number of benzene rings is 1. The van der Waals surface area contributed by atoms with Crippen molar-refractivity contribution >= 4 is 37.9 Å². The second-order valence-corrected chi connectivity index (χ2v) is 8.93. The molecule has 2 heterocycles. The second kappa shape index (κ2) is 6.86. The molecule has 0 saturated carbocycles. The highest BCUT2D eigenvalue weighted by atomic mass is 32.2. The van der Waals surface area contributed by atoms with E-state index in [2.05, 4.69) is 15.3 Å². The lowest BCUT2D eigenvalue weighted by Crippen LogP contribution is -2.20. The largest absolute Gasteiger partial charge is 0.367 e. The van der Waals surface area contributed by atoms with E-state index in [1.54, 1.807) is 11.3 Å². The Balaban J connectivity index is 1.93. The monoisotopic (exact) mass is 361 g/mol. The maximum atomic E-state index is 11.4. The molecule has 24 heavy (non-hydrogen) atoms. The molecule has 1 atom stereocenters. The number of fused-ring (bicyclic) bond motifs is 1. The van der Waals surface area contributed by atoms with Crippen molar-refractivity contribution in [1.82, 2.24) is 9.97 Å². The van der Waals surface area contributed by atoms with Gasteiger partial charge in [-0.25, -0.2) is 18.4 Å². The Morgan fingerprint density at radius 2 is 2.00 bits per heavy atom. The predicted molar refractivity (Wildman–Crippen MR) is 100 cm³/mol. The summed E-state index contributed by atoms with van der Waals surface area (Å²) >= 11 is 1.60. The minimum Gasteiger partial charge on any atom is -0.367 e.